The Labute approximate surface area is 182 Å². The summed E-state index contributed by atoms with van der Waals surface area (Å²) in [5.41, 5.74) is 2.48. The summed E-state index contributed by atoms with van der Waals surface area (Å²) in [6.07, 6.45) is 1.57. The molecule has 8 nitrogen and oxygen atoms in total. The number of piperidine rings is 1. The van der Waals surface area contributed by atoms with Gasteiger partial charge in [0.2, 0.25) is 0 Å². The van der Waals surface area contributed by atoms with Crippen LogP contribution in [0.2, 0.25) is 0 Å². The zero-order chi connectivity index (χ0) is 22.4. The normalized spacial score (nSPS) is 14.8. The summed E-state index contributed by atoms with van der Waals surface area (Å²) in [7, 11) is 0. The second-order valence-corrected chi connectivity index (χ2v) is 8.02. The lowest BCUT2D eigenvalue weighted by molar-refractivity contribution is -0.130. The first-order chi connectivity index (χ1) is 15.5. The van der Waals surface area contributed by atoms with Crippen molar-refractivity contribution in [2.45, 2.75) is 32.6 Å². The Kier molecular flexibility index (Phi) is 4.97. The third-order valence-corrected chi connectivity index (χ3v) is 5.89. The molecule has 2 aromatic carbocycles. The van der Waals surface area contributed by atoms with Crippen LogP contribution in [0.15, 0.2) is 33.5 Å². The van der Waals surface area contributed by atoms with Crippen molar-refractivity contribution in [2.24, 2.45) is 0 Å². The van der Waals surface area contributed by atoms with Gasteiger partial charge < -0.3 is 14.6 Å². The van der Waals surface area contributed by atoms with E-state index in [1.165, 1.54) is 6.07 Å². The number of aryl methyl sites for hydroxylation is 2. The maximum atomic E-state index is 14.6. The number of aromatic nitrogens is 3. The summed E-state index contributed by atoms with van der Waals surface area (Å²) < 4.78 is 21.1. The minimum atomic E-state index is -0.506. The van der Waals surface area contributed by atoms with Crippen molar-refractivity contribution in [1.29, 1.82) is 0 Å². The van der Waals surface area contributed by atoms with Gasteiger partial charge >= 0.3 is 6.47 Å². The number of oxazole rings is 1. The summed E-state index contributed by atoms with van der Waals surface area (Å²) in [5.74, 6) is 0.303. The predicted molar refractivity (Wildman–Crippen MR) is 116 cm³/mol. The molecule has 0 spiro atoms. The second-order valence-electron chi connectivity index (χ2n) is 8.02. The van der Waals surface area contributed by atoms with E-state index in [2.05, 4.69) is 10.3 Å². The predicted octanol–water partition coefficient (Wildman–Crippen LogP) is 3.01. The number of nitrogens with zero attached hydrogens (tertiary/aromatic N) is 3. The number of carbonyl (C=O) groups excluding carboxylic acids is 1. The largest absolute Gasteiger partial charge is 0.441 e. The van der Waals surface area contributed by atoms with E-state index >= 15 is 0 Å². The van der Waals surface area contributed by atoms with E-state index in [9.17, 15) is 14.0 Å². The molecule has 0 radical (unpaired) electrons. The molecule has 5 rings (SSSR count). The summed E-state index contributed by atoms with van der Waals surface area (Å²) >= 11 is 0. The third-order valence-electron chi connectivity index (χ3n) is 5.89. The fourth-order valence-electron chi connectivity index (χ4n) is 4.38. The van der Waals surface area contributed by atoms with Crippen molar-refractivity contribution in [1.82, 2.24) is 20.0 Å². The number of halogens is 1. The Morgan fingerprint density at radius 3 is 2.62 bits per heavy atom. The molecule has 1 fully saturated rings. The van der Waals surface area contributed by atoms with Gasteiger partial charge in [-0.3, -0.25) is 9.59 Å². The first-order valence-corrected chi connectivity index (χ1v) is 10.4. The van der Waals surface area contributed by atoms with Crippen LogP contribution in [0.3, 0.4) is 0 Å². The number of hydrogen-bond donors (Lipinski definition) is 1. The van der Waals surface area contributed by atoms with Crippen LogP contribution in [0.4, 0.5) is 4.39 Å². The molecule has 2 aromatic heterocycles. The van der Waals surface area contributed by atoms with Crippen molar-refractivity contribution in [3.05, 3.63) is 57.7 Å². The smallest absolute Gasteiger partial charge is 0.321 e. The average molecular weight is 436 g/mol. The Hall–Kier alpha value is -3.59. The number of nitrogens with one attached hydrogen (secondary N) is 1. The first-order valence-electron chi connectivity index (χ1n) is 10.4. The molecule has 164 valence electrons. The van der Waals surface area contributed by atoms with Crippen molar-refractivity contribution in [3.8, 4) is 11.1 Å². The van der Waals surface area contributed by atoms with Crippen LogP contribution in [0.1, 0.15) is 36.0 Å². The van der Waals surface area contributed by atoms with Gasteiger partial charge in [0.15, 0.2) is 23.1 Å². The molecule has 1 N–H and O–H groups in total. The van der Waals surface area contributed by atoms with Crippen molar-refractivity contribution < 1.29 is 18.4 Å². The molecule has 3 heterocycles. The number of benzene rings is 2. The quantitative estimate of drug-likeness (QED) is 0.491. The minimum Gasteiger partial charge on any atom is -0.441 e. The summed E-state index contributed by atoms with van der Waals surface area (Å²) in [6, 6.07) is 6.55. The van der Waals surface area contributed by atoms with E-state index in [1.807, 2.05) is 13.0 Å². The highest BCUT2D eigenvalue weighted by molar-refractivity contribution is 5.89. The van der Waals surface area contributed by atoms with Crippen LogP contribution < -0.4 is 15.7 Å². The molecule has 0 saturated carbocycles. The van der Waals surface area contributed by atoms with Gasteiger partial charge in [0.25, 0.3) is 5.56 Å². The van der Waals surface area contributed by atoms with E-state index in [0.717, 1.165) is 36.2 Å². The molecule has 4 aromatic rings. The van der Waals surface area contributed by atoms with Crippen LogP contribution >= 0.6 is 0 Å². The van der Waals surface area contributed by atoms with Crippen LogP contribution in [0.5, 0.6) is 0 Å². The van der Waals surface area contributed by atoms with E-state index in [4.69, 9.17) is 14.2 Å². The summed E-state index contributed by atoms with van der Waals surface area (Å²) in [5, 5.41) is 3.56. The van der Waals surface area contributed by atoms with E-state index < -0.39 is 11.4 Å². The molecule has 0 atom stereocenters. The fourth-order valence-corrected chi connectivity index (χ4v) is 4.38. The maximum absolute atomic E-state index is 14.6. The minimum absolute atomic E-state index is 0.00132. The number of carbonyl (C=O) groups is 1. The highest BCUT2D eigenvalue weighted by atomic mass is 19.1. The Balaban J connectivity index is 1.71. The molecule has 0 aliphatic carbocycles. The monoisotopic (exact) mass is 436 g/mol. The topological polar surface area (TPSA) is 99.2 Å². The lowest BCUT2D eigenvalue weighted by Gasteiger charge is -2.24. The first kappa shape index (κ1) is 20.3. The number of fused-ring (bicyclic) bond motifs is 2. The molecule has 0 unspecified atom stereocenters. The Morgan fingerprint density at radius 2 is 1.88 bits per heavy atom. The molecular weight excluding hydrogens is 415 g/mol. The SMILES string of the molecule is Cc1nc2c(F)cc(-c3cc(C)c4nc(C5CCNCC5)n(OC=O)c(=O)c4c3)cc2o1. The lowest BCUT2D eigenvalue weighted by atomic mass is 9.96. The molecule has 1 saturated heterocycles. The highest BCUT2D eigenvalue weighted by Gasteiger charge is 2.24. The van der Waals surface area contributed by atoms with Gasteiger partial charge in [0.05, 0.1) is 10.9 Å². The number of hydrogen-bond acceptors (Lipinski definition) is 7. The van der Waals surface area contributed by atoms with Gasteiger partial charge in [-0.1, -0.05) is 0 Å². The van der Waals surface area contributed by atoms with Crippen molar-refractivity contribution in [3.63, 3.8) is 0 Å². The van der Waals surface area contributed by atoms with Gasteiger partial charge in [0.1, 0.15) is 5.52 Å². The van der Waals surface area contributed by atoms with Crippen LogP contribution in [-0.4, -0.2) is 34.3 Å². The van der Waals surface area contributed by atoms with Crippen LogP contribution in [0, 0.1) is 19.7 Å². The van der Waals surface area contributed by atoms with E-state index in [1.54, 1.807) is 19.1 Å². The lowest BCUT2D eigenvalue weighted by Crippen LogP contribution is -2.35. The Morgan fingerprint density at radius 1 is 1.12 bits per heavy atom. The van der Waals surface area contributed by atoms with Crippen LogP contribution in [0.25, 0.3) is 33.1 Å². The standard InChI is InChI=1S/C23H21FN4O4/c1-12-7-15(16-9-18(24)21-19(10-16)32-13(2)26-21)8-17-20(12)27-22(14-3-5-25-6-4-14)28(23(17)30)31-11-29/h7-11,14,25H,3-6H2,1-2H3. The van der Waals surface area contributed by atoms with E-state index in [0.29, 0.717) is 33.9 Å². The van der Waals surface area contributed by atoms with Gasteiger partial charge in [-0.15, -0.1) is 4.73 Å². The molecule has 32 heavy (non-hydrogen) atoms. The molecule has 1 aliphatic rings. The molecule has 9 heteroatoms. The second kappa shape index (κ2) is 7.83. The van der Waals surface area contributed by atoms with Crippen molar-refractivity contribution in [2.75, 3.05) is 13.1 Å². The van der Waals surface area contributed by atoms with Crippen LogP contribution in [-0.2, 0) is 4.79 Å². The van der Waals surface area contributed by atoms with E-state index in [-0.39, 0.29) is 23.3 Å². The molecule has 1 aliphatic heterocycles. The van der Waals surface area contributed by atoms with Gasteiger partial charge in [0, 0.05) is 12.8 Å². The number of rotatable bonds is 4. The average Bonchev–Trinajstić information content (AvgIpc) is 3.17. The summed E-state index contributed by atoms with van der Waals surface area (Å²) in [4.78, 5) is 38.3. The summed E-state index contributed by atoms with van der Waals surface area (Å²) in [6.45, 7) is 5.33. The zero-order valence-electron chi connectivity index (χ0n) is 17.6. The zero-order valence-corrected chi connectivity index (χ0v) is 17.6. The fraction of sp³-hybridized carbons (Fsp3) is 0.304. The molecular formula is C23H21FN4O4. The highest BCUT2D eigenvalue weighted by Crippen LogP contribution is 2.31. The van der Waals surface area contributed by atoms with Gasteiger partial charge in [-0.2, -0.15) is 0 Å². The van der Waals surface area contributed by atoms with Gasteiger partial charge in [-0.05, 0) is 73.8 Å². The Bertz CT molecular complexity index is 1420. The van der Waals surface area contributed by atoms with Gasteiger partial charge in [-0.25, -0.2) is 14.4 Å². The molecule has 0 bridgehead atoms. The third kappa shape index (κ3) is 3.34. The van der Waals surface area contributed by atoms with Crippen molar-refractivity contribution >= 4 is 28.5 Å². The maximum Gasteiger partial charge on any atom is 0.321 e. The molecule has 0 amide bonds.